The summed E-state index contributed by atoms with van der Waals surface area (Å²) in [7, 11) is 3.14. The van der Waals surface area contributed by atoms with Gasteiger partial charge in [0.15, 0.2) is 0 Å². The zero-order chi connectivity index (χ0) is 54.9. The van der Waals surface area contributed by atoms with Crippen LogP contribution in [0.3, 0.4) is 0 Å². The molecule has 0 aliphatic carbocycles. The summed E-state index contributed by atoms with van der Waals surface area (Å²) in [6, 6.07) is 19.1. The van der Waals surface area contributed by atoms with E-state index in [4.69, 9.17) is 4.74 Å². The van der Waals surface area contributed by atoms with E-state index < -0.39 is 90.2 Å². The number of hydrogen-bond donors (Lipinski definition) is 4. The van der Waals surface area contributed by atoms with Crippen LogP contribution in [-0.4, -0.2) is 170 Å². The number of likely N-dealkylation sites (N-methyl/N-ethyl adjacent to an activating group) is 2. The molecule has 3 aromatic carbocycles. The minimum absolute atomic E-state index is 0.0211. The van der Waals surface area contributed by atoms with E-state index in [0.29, 0.717) is 36.8 Å². The third-order valence-corrected chi connectivity index (χ3v) is 13.6. The number of nitrogens with one attached hydrogen (secondary N) is 4. The van der Waals surface area contributed by atoms with Crippen LogP contribution in [0.5, 0.6) is 0 Å². The van der Waals surface area contributed by atoms with E-state index in [2.05, 4.69) is 33.1 Å². The molecule has 6 amide bonds. The number of nitrogens with zero attached hydrogens (tertiary/aromatic N) is 4. The van der Waals surface area contributed by atoms with E-state index in [1.54, 1.807) is 120 Å². The molecular formula is C54H68F6N8O7. The predicted octanol–water partition coefficient (Wildman–Crippen LogP) is 4.42. The maximum atomic E-state index is 14.3. The van der Waals surface area contributed by atoms with E-state index in [1.165, 1.54) is 9.80 Å². The van der Waals surface area contributed by atoms with Crippen molar-refractivity contribution in [2.45, 2.75) is 120 Å². The van der Waals surface area contributed by atoms with E-state index in [0.717, 1.165) is 20.9 Å². The van der Waals surface area contributed by atoms with Crippen LogP contribution in [0.15, 0.2) is 84.9 Å². The lowest BCUT2D eigenvalue weighted by atomic mass is 10.0. The summed E-state index contributed by atoms with van der Waals surface area (Å²) in [5, 5.41) is 11.2. The molecule has 2 aliphatic rings. The van der Waals surface area contributed by atoms with Crippen molar-refractivity contribution in [2.24, 2.45) is 0 Å². The topological polar surface area (TPSA) is 173 Å². The molecule has 15 nitrogen and oxygen atoms in total. The van der Waals surface area contributed by atoms with Crippen LogP contribution in [-0.2, 0) is 52.8 Å². The number of halogens is 6. The second-order valence-electron chi connectivity index (χ2n) is 18.9. The fraction of sp³-hybridized carbons (Fsp3) is 0.519. The van der Waals surface area contributed by atoms with Gasteiger partial charge >= 0.3 is 24.2 Å². The zero-order valence-corrected chi connectivity index (χ0v) is 42.9. The number of hydrogen-bond acceptors (Lipinski definition) is 9. The van der Waals surface area contributed by atoms with Gasteiger partial charge in [-0.15, -0.1) is 0 Å². The van der Waals surface area contributed by atoms with Crippen LogP contribution in [0.25, 0.3) is 0 Å². The molecule has 0 radical (unpaired) electrons. The number of ether oxygens (including phenoxy) is 1. The highest BCUT2D eigenvalue weighted by Crippen LogP contribution is 2.27. The van der Waals surface area contributed by atoms with Crippen molar-refractivity contribution in [1.82, 2.24) is 40.9 Å². The lowest BCUT2D eigenvalue weighted by molar-refractivity contribution is -0.186. The van der Waals surface area contributed by atoms with Crippen LogP contribution < -0.4 is 21.3 Å². The van der Waals surface area contributed by atoms with Crippen molar-refractivity contribution in [2.75, 3.05) is 60.0 Å². The number of amides is 6. The Kier molecular flexibility index (Phi) is 22.1. The number of rotatable bonds is 23. The van der Waals surface area contributed by atoms with Crippen molar-refractivity contribution < 1.29 is 59.8 Å². The van der Waals surface area contributed by atoms with Gasteiger partial charge in [-0.05, 0) is 102 Å². The van der Waals surface area contributed by atoms with Gasteiger partial charge in [-0.3, -0.25) is 28.8 Å². The molecule has 0 spiro atoms. The van der Waals surface area contributed by atoms with Gasteiger partial charge in [0.25, 0.3) is 0 Å². The molecule has 2 saturated heterocycles. The van der Waals surface area contributed by atoms with Crippen LogP contribution in [0.1, 0.15) is 68.7 Å². The summed E-state index contributed by atoms with van der Waals surface area (Å²) in [6.45, 7) is 3.82. The Labute approximate surface area is 434 Å². The Bertz CT molecular complexity index is 2440. The van der Waals surface area contributed by atoms with Crippen LogP contribution in [0.2, 0.25) is 0 Å². The second kappa shape index (κ2) is 27.9. The molecule has 4 N–H and O–H groups in total. The van der Waals surface area contributed by atoms with Gasteiger partial charge in [0.05, 0.1) is 18.2 Å². The molecule has 0 bridgehead atoms. The zero-order valence-electron chi connectivity index (χ0n) is 42.9. The van der Waals surface area contributed by atoms with Gasteiger partial charge in [-0.1, -0.05) is 84.6 Å². The van der Waals surface area contributed by atoms with Crippen LogP contribution in [0, 0.1) is 11.8 Å². The Balaban J connectivity index is 1.26. The van der Waals surface area contributed by atoms with Gasteiger partial charge in [0.1, 0.15) is 18.7 Å². The first-order chi connectivity index (χ1) is 35.6. The fourth-order valence-corrected chi connectivity index (χ4v) is 9.03. The monoisotopic (exact) mass is 1050 g/mol. The molecule has 408 valence electrons. The van der Waals surface area contributed by atoms with Gasteiger partial charge < -0.3 is 45.6 Å². The van der Waals surface area contributed by atoms with E-state index in [1.807, 2.05) is 0 Å². The molecular weight excluding hydrogens is 987 g/mol. The Morgan fingerprint density at radius 2 is 1.09 bits per heavy atom. The van der Waals surface area contributed by atoms with Crippen molar-refractivity contribution >= 4 is 35.4 Å². The highest BCUT2D eigenvalue weighted by Gasteiger charge is 2.46. The normalized spacial score (nSPS) is 17.7. The summed E-state index contributed by atoms with van der Waals surface area (Å²) in [5.41, 5.74) is 2.65. The highest BCUT2D eigenvalue weighted by molar-refractivity contribution is 5.91. The molecule has 21 heteroatoms. The first-order valence-corrected chi connectivity index (χ1v) is 25.2. The second-order valence-corrected chi connectivity index (χ2v) is 18.9. The van der Waals surface area contributed by atoms with E-state index in [-0.39, 0.29) is 65.1 Å². The summed E-state index contributed by atoms with van der Waals surface area (Å²) >= 11 is 0. The molecule has 7 atom stereocenters. The van der Waals surface area contributed by atoms with Crippen molar-refractivity contribution in [1.29, 1.82) is 0 Å². The molecule has 0 unspecified atom stereocenters. The minimum Gasteiger partial charge on any atom is -0.363 e. The maximum absolute atomic E-state index is 14.3. The number of likely N-dealkylation sites (tertiary alicyclic amines) is 2. The number of carbonyl (C=O) groups excluding carboxylic acids is 6. The summed E-state index contributed by atoms with van der Waals surface area (Å²) in [4.78, 5) is 84.6. The van der Waals surface area contributed by atoms with Gasteiger partial charge in [0, 0.05) is 63.3 Å². The predicted molar refractivity (Wildman–Crippen MR) is 268 cm³/mol. The maximum Gasteiger partial charge on any atom is 0.471 e. The molecule has 0 aromatic heterocycles. The van der Waals surface area contributed by atoms with Gasteiger partial charge in [-0.2, -0.15) is 26.3 Å². The Morgan fingerprint density at radius 1 is 0.640 bits per heavy atom. The third kappa shape index (κ3) is 17.5. The fourth-order valence-electron chi connectivity index (χ4n) is 9.03. The Morgan fingerprint density at radius 3 is 1.55 bits per heavy atom. The van der Waals surface area contributed by atoms with Crippen LogP contribution in [0.4, 0.5) is 26.3 Å². The average Bonchev–Trinajstić information content (AvgIpc) is 4.07. The SMILES string of the molecule is CN[C@@H](C)C(=O)N[C@@H](Cc1ccc(C#CCO[C@H](C)[C@H](NC(=O)[C@H](C)NC)C(=O)N2CCC[C@H]2CN(CCc2ccccc2)C(=O)C(F)(F)F)cc1)C(=O)N1CCC[C@H]1CN(CCc1ccccc1)C(=O)C(F)(F)F. The first kappa shape index (κ1) is 59.4. The minimum atomic E-state index is -5.13. The largest absolute Gasteiger partial charge is 0.471 e. The van der Waals surface area contributed by atoms with Gasteiger partial charge in [-0.25, -0.2) is 0 Å². The van der Waals surface area contributed by atoms with Crippen LogP contribution >= 0.6 is 0 Å². The molecule has 5 rings (SSSR count). The lowest BCUT2D eigenvalue weighted by Crippen LogP contribution is -2.59. The third-order valence-electron chi connectivity index (χ3n) is 13.6. The average molecular weight is 1060 g/mol. The number of alkyl halides is 6. The van der Waals surface area contributed by atoms with Crippen molar-refractivity contribution in [3.05, 3.63) is 107 Å². The molecule has 2 fully saturated rings. The number of benzene rings is 3. The van der Waals surface area contributed by atoms with E-state index in [9.17, 15) is 55.1 Å². The van der Waals surface area contributed by atoms with E-state index >= 15 is 0 Å². The molecule has 3 aromatic rings. The molecule has 75 heavy (non-hydrogen) atoms. The highest BCUT2D eigenvalue weighted by atomic mass is 19.4. The summed E-state index contributed by atoms with van der Waals surface area (Å²) in [6.07, 6.45) is -9.23. The lowest BCUT2D eigenvalue weighted by Gasteiger charge is -2.35. The smallest absolute Gasteiger partial charge is 0.363 e. The van der Waals surface area contributed by atoms with Crippen molar-refractivity contribution in [3.63, 3.8) is 0 Å². The molecule has 2 aliphatic heterocycles. The summed E-state index contributed by atoms with van der Waals surface area (Å²) < 4.78 is 89.0. The van der Waals surface area contributed by atoms with Gasteiger partial charge in [0.2, 0.25) is 23.6 Å². The van der Waals surface area contributed by atoms with Crippen molar-refractivity contribution in [3.8, 4) is 11.8 Å². The quantitative estimate of drug-likeness (QED) is 0.0793. The first-order valence-electron chi connectivity index (χ1n) is 25.2. The summed E-state index contributed by atoms with van der Waals surface area (Å²) in [5.74, 6) is -0.216. The Hall–Kier alpha value is -6.50. The molecule has 0 saturated carbocycles. The standard InChI is InChI=1S/C54H68F6N8O7/c1-36(61-4)47(69)63-45(49(71)67-28-12-20-43(67)34-65(51(73)53(55,56)57)30-26-39-15-8-6-9-16-39)33-42-24-22-41(23-25-42)19-14-32-75-38(3)46(64-48(70)37(2)62-5)50(72)68-29-13-21-44(68)35-66(52(74)54(58,59)60)31-27-40-17-10-7-11-18-40/h6-11,15-18,22-25,36-38,43-46,61-62H,12-13,20-21,26-35H2,1-5H3,(H,63,69)(H,64,70)/t36-,37-,38+,43-,44-,45-,46-/m0/s1. The molecule has 2 heterocycles. The number of carbonyl (C=O) groups is 6.